The van der Waals surface area contributed by atoms with Crippen LogP contribution in [0.2, 0.25) is 0 Å². The predicted octanol–water partition coefficient (Wildman–Crippen LogP) is 3.03. The van der Waals surface area contributed by atoms with Crippen LogP contribution in [0.15, 0.2) is 30.3 Å². The molecular formula is C15H21NO3. The monoisotopic (exact) mass is 263 g/mol. The Bertz CT molecular complexity index is 419. The molecule has 1 aliphatic rings. The first-order valence-corrected chi connectivity index (χ1v) is 6.70. The first-order valence-electron chi connectivity index (χ1n) is 6.70. The number of nitrogens with zero attached hydrogens (tertiary/aromatic N) is 1. The zero-order valence-corrected chi connectivity index (χ0v) is 11.7. The second kappa shape index (κ2) is 6.06. The van der Waals surface area contributed by atoms with Crippen molar-refractivity contribution in [2.45, 2.75) is 39.6 Å². The number of rotatable bonds is 3. The summed E-state index contributed by atoms with van der Waals surface area (Å²) in [6.45, 7) is 6.94. The van der Waals surface area contributed by atoms with Crippen molar-refractivity contribution in [3.05, 3.63) is 35.9 Å². The number of benzene rings is 1. The lowest BCUT2D eigenvalue weighted by atomic mass is 10.1. The minimum atomic E-state index is -0.299. The molecular weight excluding hydrogens is 242 g/mol. The van der Waals surface area contributed by atoms with Crippen molar-refractivity contribution in [3.8, 4) is 0 Å². The molecule has 0 saturated carbocycles. The molecule has 0 bridgehead atoms. The maximum Gasteiger partial charge on any atom is 0.412 e. The number of carbonyl (C=O) groups excluding carboxylic acids is 1. The van der Waals surface area contributed by atoms with Gasteiger partial charge in [-0.1, -0.05) is 44.2 Å². The molecule has 0 radical (unpaired) electrons. The molecule has 1 heterocycles. The molecule has 0 spiro atoms. The van der Waals surface area contributed by atoms with Crippen LogP contribution in [0.3, 0.4) is 0 Å². The van der Waals surface area contributed by atoms with Crippen LogP contribution in [0, 0.1) is 5.92 Å². The fourth-order valence-corrected chi connectivity index (χ4v) is 2.26. The Morgan fingerprint density at radius 3 is 2.74 bits per heavy atom. The highest BCUT2D eigenvalue weighted by atomic mass is 16.6. The molecule has 1 unspecified atom stereocenters. The third-order valence-corrected chi connectivity index (χ3v) is 3.44. The molecule has 104 valence electrons. The number of amides is 1. The van der Waals surface area contributed by atoms with E-state index in [9.17, 15) is 4.79 Å². The van der Waals surface area contributed by atoms with Crippen LogP contribution in [0.25, 0.3) is 0 Å². The molecule has 0 aliphatic carbocycles. The van der Waals surface area contributed by atoms with Crippen molar-refractivity contribution in [2.24, 2.45) is 5.92 Å². The first-order chi connectivity index (χ1) is 9.09. The van der Waals surface area contributed by atoms with Gasteiger partial charge in [0.05, 0.1) is 12.6 Å². The van der Waals surface area contributed by atoms with E-state index in [1.54, 1.807) is 4.90 Å². The van der Waals surface area contributed by atoms with Crippen molar-refractivity contribution in [1.82, 2.24) is 4.90 Å². The second-order valence-electron chi connectivity index (χ2n) is 5.19. The summed E-state index contributed by atoms with van der Waals surface area (Å²) in [7, 11) is 0. The summed E-state index contributed by atoms with van der Waals surface area (Å²) < 4.78 is 10.9. The molecule has 2 rings (SSSR count). The van der Waals surface area contributed by atoms with Crippen LogP contribution in [0.4, 0.5) is 4.79 Å². The van der Waals surface area contributed by atoms with E-state index in [0.717, 1.165) is 5.56 Å². The summed E-state index contributed by atoms with van der Waals surface area (Å²) in [6, 6.07) is 9.78. The van der Waals surface area contributed by atoms with E-state index in [1.807, 2.05) is 37.3 Å². The SMILES string of the molecule is CC(C)[C@H]1COC(C)N1C(=O)OCc1ccccc1. The van der Waals surface area contributed by atoms with Crippen molar-refractivity contribution in [3.63, 3.8) is 0 Å². The van der Waals surface area contributed by atoms with E-state index in [4.69, 9.17) is 9.47 Å². The van der Waals surface area contributed by atoms with Crippen molar-refractivity contribution < 1.29 is 14.3 Å². The molecule has 1 fully saturated rings. The highest BCUT2D eigenvalue weighted by Crippen LogP contribution is 2.23. The highest BCUT2D eigenvalue weighted by molar-refractivity contribution is 5.68. The second-order valence-corrected chi connectivity index (χ2v) is 5.19. The smallest absolute Gasteiger partial charge is 0.412 e. The first kappa shape index (κ1) is 13.9. The van der Waals surface area contributed by atoms with Crippen LogP contribution in [-0.2, 0) is 16.1 Å². The Hall–Kier alpha value is -1.55. The fraction of sp³-hybridized carbons (Fsp3) is 0.533. The molecule has 1 aromatic carbocycles. The van der Waals surface area contributed by atoms with Gasteiger partial charge < -0.3 is 9.47 Å². The van der Waals surface area contributed by atoms with Crippen LogP contribution in [-0.4, -0.2) is 29.9 Å². The van der Waals surface area contributed by atoms with Gasteiger partial charge in [0.2, 0.25) is 0 Å². The molecule has 4 nitrogen and oxygen atoms in total. The highest BCUT2D eigenvalue weighted by Gasteiger charge is 2.37. The average molecular weight is 263 g/mol. The summed E-state index contributed by atoms with van der Waals surface area (Å²) in [5.74, 6) is 0.356. The zero-order valence-electron chi connectivity index (χ0n) is 11.7. The minimum absolute atomic E-state index is 0.0956. The molecule has 1 saturated heterocycles. The summed E-state index contributed by atoms with van der Waals surface area (Å²) >= 11 is 0. The molecule has 2 atom stereocenters. The maximum atomic E-state index is 12.2. The lowest BCUT2D eigenvalue weighted by Gasteiger charge is -2.27. The van der Waals surface area contributed by atoms with E-state index in [0.29, 0.717) is 19.1 Å². The van der Waals surface area contributed by atoms with E-state index < -0.39 is 0 Å². The Morgan fingerprint density at radius 2 is 2.11 bits per heavy atom. The van der Waals surface area contributed by atoms with Gasteiger partial charge in [-0.15, -0.1) is 0 Å². The predicted molar refractivity (Wildman–Crippen MR) is 72.5 cm³/mol. The van der Waals surface area contributed by atoms with E-state index in [1.165, 1.54) is 0 Å². The fourth-order valence-electron chi connectivity index (χ4n) is 2.26. The maximum absolute atomic E-state index is 12.2. The van der Waals surface area contributed by atoms with Gasteiger partial charge in [0.1, 0.15) is 12.8 Å². The number of carbonyl (C=O) groups is 1. The van der Waals surface area contributed by atoms with Gasteiger partial charge in [0.25, 0.3) is 0 Å². The minimum Gasteiger partial charge on any atom is -0.444 e. The Balaban J connectivity index is 1.95. The lowest BCUT2D eigenvalue weighted by Crippen LogP contribution is -2.43. The van der Waals surface area contributed by atoms with Crippen LogP contribution < -0.4 is 0 Å². The summed E-state index contributed by atoms with van der Waals surface area (Å²) in [5, 5.41) is 0. The van der Waals surface area contributed by atoms with Gasteiger partial charge in [-0.25, -0.2) is 4.79 Å². The third-order valence-electron chi connectivity index (χ3n) is 3.44. The zero-order chi connectivity index (χ0) is 13.8. The van der Waals surface area contributed by atoms with Crippen molar-refractivity contribution in [2.75, 3.05) is 6.61 Å². The standard InChI is InChI=1S/C15H21NO3/c1-11(2)14-10-18-12(3)16(14)15(17)19-9-13-7-5-4-6-8-13/h4-8,11-12,14H,9-10H2,1-3H3/t12?,14-/m1/s1. The van der Waals surface area contributed by atoms with E-state index in [-0.39, 0.29) is 18.4 Å². The van der Waals surface area contributed by atoms with Crippen LogP contribution in [0.1, 0.15) is 26.3 Å². The molecule has 0 aromatic heterocycles. The van der Waals surface area contributed by atoms with Gasteiger partial charge >= 0.3 is 6.09 Å². The quantitative estimate of drug-likeness (QED) is 0.841. The Labute approximate surface area is 114 Å². The van der Waals surface area contributed by atoms with Crippen molar-refractivity contribution in [1.29, 1.82) is 0 Å². The van der Waals surface area contributed by atoms with Gasteiger partial charge in [-0.3, -0.25) is 4.90 Å². The van der Waals surface area contributed by atoms with Crippen LogP contribution >= 0.6 is 0 Å². The molecule has 19 heavy (non-hydrogen) atoms. The van der Waals surface area contributed by atoms with E-state index >= 15 is 0 Å². The summed E-state index contributed by atoms with van der Waals surface area (Å²) in [4.78, 5) is 13.9. The third kappa shape index (κ3) is 3.26. The normalized spacial score (nSPS) is 22.8. The number of ether oxygens (including phenoxy) is 2. The van der Waals surface area contributed by atoms with Gasteiger partial charge in [-0.2, -0.15) is 0 Å². The van der Waals surface area contributed by atoms with Crippen molar-refractivity contribution >= 4 is 6.09 Å². The molecule has 1 amide bonds. The molecule has 1 aromatic rings. The Morgan fingerprint density at radius 1 is 1.42 bits per heavy atom. The van der Waals surface area contributed by atoms with E-state index in [2.05, 4.69) is 13.8 Å². The Kier molecular flexibility index (Phi) is 4.43. The van der Waals surface area contributed by atoms with Gasteiger partial charge in [0.15, 0.2) is 0 Å². The summed E-state index contributed by atoms with van der Waals surface area (Å²) in [5.41, 5.74) is 0.990. The number of hydrogen-bond donors (Lipinski definition) is 0. The summed E-state index contributed by atoms with van der Waals surface area (Å²) in [6.07, 6.45) is -0.511. The van der Waals surface area contributed by atoms with Gasteiger partial charge in [0, 0.05) is 0 Å². The number of hydrogen-bond acceptors (Lipinski definition) is 3. The van der Waals surface area contributed by atoms with Crippen LogP contribution in [0.5, 0.6) is 0 Å². The molecule has 1 aliphatic heterocycles. The molecule has 4 heteroatoms. The largest absolute Gasteiger partial charge is 0.444 e. The molecule has 0 N–H and O–H groups in total. The van der Waals surface area contributed by atoms with Gasteiger partial charge in [-0.05, 0) is 18.4 Å². The average Bonchev–Trinajstić information content (AvgIpc) is 2.79. The topological polar surface area (TPSA) is 38.8 Å². The lowest BCUT2D eigenvalue weighted by molar-refractivity contribution is 0.0274.